The molecule has 1 spiro atoms. The number of pyridine rings is 1. The van der Waals surface area contributed by atoms with Gasteiger partial charge in [0.05, 0.1) is 21.3 Å². The van der Waals surface area contributed by atoms with Crippen LogP contribution in [0.25, 0.3) is 55.5 Å². The van der Waals surface area contributed by atoms with Crippen molar-refractivity contribution in [2.75, 3.05) is 0 Å². The van der Waals surface area contributed by atoms with E-state index in [1.165, 1.54) is 38.9 Å². The molecule has 0 N–H and O–H groups in total. The van der Waals surface area contributed by atoms with E-state index in [4.69, 9.17) is 12.6 Å². The number of aromatic nitrogens is 1. The smallest absolute Gasteiger partial charge is 0.269 e. The Morgan fingerprint density at radius 3 is 1.85 bits per heavy atom. The summed E-state index contributed by atoms with van der Waals surface area (Å²) in [5.41, 5.74) is 12.1. The van der Waals surface area contributed by atoms with Crippen molar-refractivity contribution in [3.05, 3.63) is 148 Å². The first-order chi connectivity index (χ1) is 19.2. The number of para-hydroxylation sites is 1. The Bertz CT molecular complexity index is 2240. The molecule has 0 fully saturated rings. The molecule has 0 aliphatic heterocycles. The van der Waals surface area contributed by atoms with Gasteiger partial charge >= 0.3 is 0 Å². The van der Waals surface area contributed by atoms with Crippen LogP contribution in [0.15, 0.2) is 119 Å². The highest BCUT2D eigenvalue weighted by molar-refractivity contribution is 7.80. The highest BCUT2D eigenvalue weighted by Gasteiger charge is 2.52. The summed E-state index contributed by atoms with van der Waals surface area (Å²) < 4.78 is 1.91. The second kappa shape index (κ2) is 7.07. The molecule has 9 rings (SSSR count). The molecular formula is C36H21NOS. The summed E-state index contributed by atoms with van der Waals surface area (Å²) in [7, 11) is 0. The molecule has 0 amide bonds. The predicted molar refractivity (Wildman–Crippen MR) is 164 cm³/mol. The lowest BCUT2D eigenvalue weighted by atomic mass is 9.70. The SMILES string of the molecule is C=Cc1c(S)c(=O)n2c3c4c(ccc3c3cccc1c32)C1(c2ccccc2-c2ccccc21)c1ccccc1-4. The first-order valence-corrected chi connectivity index (χ1v) is 13.6. The third-order valence-electron chi connectivity index (χ3n) is 9.06. The van der Waals surface area contributed by atoms with Gasteiger partial charge in [-0.3, -0.25) is 9.20 Å². The minimum absolute atomic E-state index is 0.106. The number of hydrogen-bond acceptors (Lipinski definition) is 2. The zero-order valence-electron chi connectivity index (χ0n) is 20.9. The summed E-state index contributed by atoms with van der Waals surface area (Å²) in [6.07, 6.45) is 1.75. The Balaban J connectivity index is 1.58. The number of rotatable bonds is 1. The van der Waals surface area contributed by atoms with Gasteiger partial charge in [-0.2, -0.15) is 0 Å². The minimum Gasteiger partial charge on any atom is -0.274 e. The van der Waals surface area contributed by atoms with Gasteiger partial charge in [-0.15, -0.1) is 12.6 Å². The summed E-state index contributed by atoms with van der Waals surface area (Å²) in [5.74, 6) is 0. The van der Waals surface area contributed by atoms with Crippen LogP contribution in [0.3, 0.4) is 0 Å². The summed E-state index contributed by atoms with van der Waals surface area (Å²) in [4.78, 5) is 14.5. The van der Waals surface area contributed by atoms with Gasteiger partial charge in [0.15, 0.2) is 0 Å². The molecule has 2 nitrogen and oxygen atoms in total. The molecule has 39 heavy (non-hydrogen) atoms. The molecule has 0 atom stereocenters. The Morgan fingerprint density at radius 2 is 1.18 bits per heavy atom. The van der Waals surface area contributed by atoms with Crippen molar-refractivity contribution in [1.82, 2.24) is 4.40 Å². The summed E-state index contributed by atoms with van der Waals surface area (Å²) in [5, 5.41) is 3.15. The van der Waals surface area contributed by atoms with E-state index in [1.807, 2.05) is 4.40 Å². The van der Waals surface area contributed by atoms with E-state index in [9.17, 15) is 4.79 Å². The van der Waals surface area contributed by atoms with Gasteiger partial charge < -0.3 is 0 Å². The molecule has 182 valence electrons. The van der Waals surface area contributed by atoms with E-state index in [2.05, 4.69) is 110 Å². The monoisotopic (exact) mass is 515 g/mol. The van der Waals surface area contributed by atoms with Crippen molar-refractivity contribution in [1.29, 1.82) is 0 Å². The maximum absolute atomic E-state index is 14.0. The molecule has 5 aromatic carbocycles. The topological polar surface area (TPSA) is 21.5 Å². The van der Waals surface area contributed by atoms with Crippen LogP contribution < -0.4 is 5.56 Å². The molecule has 2 aliphatic rings. The van der Waals surface area contributed by atoms with Crippen molar-refractivity contribution in [2.45, 2.75) is 10.3 Å². The molecule has 0 unspecified atom stereocenters. The van der Waals surface area contributed by atoms with Gasteiger partial charge in [-0.05, 0) is 38.9 Å². The first kappa shape index (κ1) is 21.3. The largest absolute Gasteiger partial charge is 0.274 e. The van der Waals surface area contributed by atoms with Crippen molar-refractivity contribution in [2.24, 2.45) is 0 Å². The highest BCUT2D eigenvalue weighted by Crippen LogP contribution is 2.63. The molecule has 7 aromatic rings. The highest BCUT2D eigenvalue weighted by atomic mass is 32.1. The normalized spacial score (nSPS) is 14.2. The van der Waals surface area contributed by atoms with Gasteiger partial charge in [0.2, 0.25) is 0 Å². The fraction of sp³-hybridized carbons (Fsp3) is 0.0278. The standard InChI is InChI=1S/C36H21NOS/c1-2-20-23-13-9-14-24-25-18-19-30-31(33(25)37(32(23)24)35(38)34(20)39)26-12-5-8-17-29(26)36(30)27-15-6-3-10-21(27)22-11-4-7-16-28(22)36/h2-19,39H,1H2. The molecular weight excluding hydrogens is 494 g/mol. The molecule has 0 radical (unpaired) electrons. The molecule has 0 saturated carbocycles. The fourth-order valence-electron chi connectivity index (χ4n) is 7.70. The van der Waals surface area contributed by atoms with E-state index < -0.39 is 5.41 Å². The lowest BCUT2D eigenvalue weighted by Gasteiger charge is -2.30. The number of thiol groups is 1. The van der Waals surface area contributed by atoms with Crippen LogP contribution in [0.5, 0.6) is 0 Å². The predicted octanol–water partition coefficient (Wildman–Crippen LogP) is 8.32. The van der Waals surface area contributed by atoms with E-state index in [1.54, 1.807) is 6.08 Å². The third-order valence-corrected chi connectivity index (χ3v) is 9.50. The fourth-order valence-corrected chi connectivity index (χ4v) is 8.02. The van der Waals surface area contributed by atoms with Gasteiger partial charge in [0.1, 0.15) is 0 Å². The van der Waals surface area contributed by atoms with Crippen LogP contribution in [-0.2, 0) is 5.41 Å². The Kier molecular flexibility index (Phi) is 3.87. The zero-order chi connectivity index (χ0) is 26.0. The van der Waals surface area contributed by atoms with Gasteiger partial charge in [-0.25, -0.2) is 0 Å². The number of hydrogen-bond donors (Lipinski definition) is 1. The van der Waals surface area contributed by atoms with Crippen LogP contribution in [0.1, 0.15) is 27.8 Å². The number of benzene rings is 5. The van der Waals surface area contributed by atoms with Crippen LogP contribution >= 0.6 is 12.6 Å². The van der Waals surface area contributed by atoms with E-state index in [0.29, 0.717) is 4.90 Å². The van der Waals surface area contributed by atoms with Gasteiger partial charge in [-0.1, -0.05) is 116 Å². The van der Waals surface area contributed by atoms with Gasteiger partial charge in [0, 0.05) is 27.3 Å². The van der Waals surface area contributed by atoms with Crippen molar-refractivity contribution in [3.8, 4) is 22.3 Å². The Labute approximate surface area is 230 Å². The van der Waals surface area contributed by atoms with Crippen molar-refractivity contribution < 1.29 is 0 Å². The average Bonchev–Trinajstić information content (AvgIpc) is 3.59. The molecule has 2 aromatic heterocycles. The quantitative estimate of drug-likeness (QED) is 0.218. The first-order valence-electron chi connectivity index (χ1n) is 13.2. The average molecular weight is 516 g/mol. The van der Waals surface area contributed by atoms with E-state index in [0.717, 1.165) is 38.3 Å². The maximum Gasteiger partial charge on any atom is 0.269 e. The molecule has 2 heterocycles. The molecule has 0 bridgehead atoms. The van der Waals surface area contributed by atoms with Crippen LogP contribution in [0.2, 0.25) is 0 Å². The van der Waals surface area contributed by atoms with Crippen molar-refractivity contribution in [3.63, 3.8) is 0 Å². The van der Waals surface area contributed by atoms with Crippen molar-refractivity contribution >= 4 is 45.9 Å². The van der Waals surface area contributed by atoms with Crippen LogP contribution in [-0.4, -0.2) is 4.40 Å². The van der Waals surface area contributed by atoms with E-state index >= 15 is 0 Å². The Hall–Kier alpha value is -4.60. The van der Waals surface area contributed by atoms with Crippen LogP contribution in [0, 0.1) is 0 Å². The lowest BCUT2D eigenvalue weighted by Crippen LogP contribution is -2.25. The number of fused-ring (bicyclic) bond motifs is 14. The minimum atomic E-state index is -0.448. The van der Waals surface area contributed by atoms with E-state index in [-0.39, 0.29) is 5.56 Å². The third kappa shape index (κ3) is 2.23. The number of nitrogens with zero attached hydrogens (tertiary/aromatic N) is 1. The van der Waals surface area contributed by atoms with Crippen LogP contribution in [0.4, 0.5) is 0 Å². The summed E-state index contributed by atoms with van der Waals surface area (Å²) in [6.45, 7) is 3.99. The molecule has 0 saturated heterocycles. The summed E-state index contributed by atoms with van der Waals surface area (Å²) >= 11 is 4.72. The maximum atomic E-state index is 14.0. The lowest BCUT2D eigenvalue weighted by molar-refractivity contribution is 0.794. The second-order valence-corrected chi connectivity index (χ2v) is 11.0. The molecule has 3 heteroatoms. The zero-order valence-corrected chi connectivity index (χ0v) is 21.8. The van der Waals surface area contributed by atoms with Gasteiger partial charge in [0.25, 0.3) is 5.56 Å². The second-order valence-electron chi connectivity index (χ2n) is 10.6. The Morgan fingerprint density at radius 1 is 0.615 bits per heavy atom. The molecule has 2 aliphatic carbocycles. The summed E-state index contributed by atoms with van der Waals surface area (Å²) in [6, 6.07) is 37.1.